The molecule has 4 aliphatic carbocycles. The van der Waals surface area contributed by atoms with Crippen LogP contribution in [0.25, 0.3) is 10.4 Å². The third kappa shape index (κ3) is 8.54. The summed E-state index contributed by atoms with van der Waals surface area (Å²) in [6.07, 6.45) is 15.3. The number of thioether (sulfide) groups is 1. The first-order chi connectivity index (χ1) is 26.8. The van der Waals surface area contributed by atoms with Crippen molar-refractivity contribution in [3.63, 3.8) is 0 Å². The van der Waals surface area contributed by atoms with Crippen molar-refractivity contribution in [2.45, 2.75) is 128 Å². The second-order valence-electron chi connectivity index (χ2n) is 17.7. The van der Waals surface area contributed by atoms with Gasteiger partial charge in [-0.25, -0.2) is 4.79 Å². The van der Waals surface area contributed by atoms with E-state index in [1.165, 1.54) is 55.2 Å². The number of hydrogen-bond donors (Lipinski definition) is 4. The van der Waals surface area contributed by atoms with Crippen molar-refractivity contribution in [3.05, 3.63) is 21.7 Å². The van der Waals surface area contributed by atoms with Crippen LogP contribution in [-0.4, -0.2) is 89.6 Å². The van der Waals surface area contributed by atoms with Crippen molar-refractivity contribution in [2.24, 2.45) is 51.5 Å². The second kappa shape index (κ2) is 18.0. The van der Waals surface area contributed by atoms with Gasteiger partial charge in [-0.05, 0) is 129 Å². The number of hydrogen-bond acceptors (Lipinski definition) is 9. The minimum atomic E-state index is -1.10. The Morgan fingerprint density at radius 3 is 2.62 bits per heavy atom. The minimum absolute atomic E-state index is 0.0509. The van der Waals surface area contributed by atoms with Crippen LogP contribution in [0.2, 0.25) is 0 Å². The lowest BCUT2D eigenvalue weighted by Crippen LogP contribution is -2.71. The van der Waals surface area contributed by atoms with Crippen molar-refractivity contribution in [1.29, 1.82) is 0 Å². The van der Waals surface area contributed by atoms with E-state index in [4.69, 9.17) is 21.4 Å². The van der Waals surface area contributed by atoms with Crippen LogP contribution in [0.15, 0.2) is 16.4 Å². The number of rotatable bonds is 15. The number of β-lactam (4-membered cyclic amide) rings is 1. The fraction of sp³-hybridized carbons (Fsp3) is 0.805. The average Bonchev–Trinajstić information content (AvgIpc) is 3.53. The van der Waals surface area contributed by atoms with E-state index in [1.54, 1.807) is 6.92 Å². The number of carbonyl (C=O) groups excluding carboxylic acids is 4. The molecule has 15 heteroatoms. The van der Waals surface area contributed by atoms with E-state index in [-0.39, 0.29) is 48.8 Å². The maximum atomic E-state index is 13.6. The van der Waals surface area contributed by atoms with Gasteiger partial charge in [0.15, 0.2) is 0 Å². The lowest BCUT2D eigenvalue weighted by Gasteiger charge is -2.61. The quantitative estimate of drug-likeness (QED) is 0.0312. The van der Waals surface area contributed by atoms with E-state index in [0.717, 1.165) is 43.4 Å². The highest BCUT2D eigenvalue weighted by Crippen LogP contribution is 2.68. The lowest BCUT2D eigenvalue weighted by atomic mass is 9.44. The number of aliphatic hydroxyl groups is 1. The van der Waals surface area contributed by atoms with E-state index in [1.807, 2.05) is 0 Å². The van der Waals surface area contributed by atoms with Gasteiger partial charge in [0.2, 0.25) is 5.91 Å². The summed E-state index contributed by atoms with van der Waals surface area (Å²) in [6, 6.07) is -0.741. The summed E-state index contributed by atoms with van der Waals surface area (Å²) in [4.78, 5) is 57.0. The predicted molar refractivity (Wildman–Crippen MR) is 212 cm³/mol. The van der Waals surface area contributed by atoms with Gasteiger partial charge in [0.05, 0.1) is 25.9 Å². The highest BCUT2D eigenvalue weighted by Gasteiger charge is 2.61. The molecule has 4 saturated carbocycles. The summed E-state index contributed by atoms with van der Waals surface area (Å²) in [5.74, 6) is 5.65. The van der Waals surface area contributed by atoms with Crippen LogP contribution >= 0.6 is 11.8 Å². The Balaban J connectivity index is 0.985. The van der Waals surface area contributed by atoms with Crippen molar-refractivity contribution >= 4 is 35.6 Å². The summed E-state index contributed by atoms with van der Waals surface area (Å²) in [5, 5.41) is 21.6. The number of terminal acetylenes is 1. The number of azide groups is 1. The number of aliphatic hydroxyl groups excluding tert-OH is 1. The van der Waals surface area contributed by atoms with Crippen LogP contribution in [0.3, 0.4) is 0 Å². The summed E-state index contributed by atoms with van der Waals surface area (Å²) in [5.41, 5.74) is 10.3. The van der Waals surface area contributed by atoms with Crippen molar-refractivity contribution < 1.29 is 33.8 Å². The molecule has 0 bridgehead atoms. The van der Waals surface area contributed by atoms with Crippen molar-refractivity contribution in [3.8, 4) is 12.3 Å². The average molecular weight is 796 g/mol. The van der Waals surface area contributed by atoms with Gasteiger partial charge in [-0.2, -0.15) is 0 Å². The second-order valence-corrected chi connectivity index (χ2v) is 18.8. The van der Waals surface area contributed by atoms with Gasteiger partial charge in [0.1, 0.15) is 29.9 Å². The maximum absolute atomic E-state index is 13.6. The molecule has 0 aromatic rings. The van der Waals surface area contributed by atoms with Crippen LogP contribution in [-0.2, 0) is 23.9 Å². The smallest absolute Gasteiger partial charge is 0.408 e. The zero-order chi connectivity index (χ0) is 40.2. The fourth-order valence-corrected chi connectivity index (χ4v) is 13.2. The molecule has 2 heterocycles. The first-order valence-electron chi connectivity index (χ1n) is 20.7. The highest BCUT2D eigenvalue weighted by atomic mass is 32.2. The van der Waals surface area contributed by atoms with E-state index >= 15 is 0 Å². The fourth-order valence-electron chi connectivity index (χ4n) is 11.9. The Hall–Kier alpha value is -3.44. The molecule has 2 aliphatic heterocycles. The number of carbonyl (C=O) groups is 4. The summed E-state index contributed by atoms with van der Waals surface area (Å²) in [7, 11) is 0. The minimum Gasteiger partial charge on any atom is -0.447 e. The van der Waals surface area contributed by atoms with Gasteiger partial charge in [-0.15, -0.1) is 24.1 Å². The van der Waals surface area contributed by atoms with Crippen LogP contribution in [0.1, 0.15) is 105 Å². The number of nitrogens with zero attached hydrogens (tertiary/aromatic N) is 4. The maximum Gasteiger partial charge on any atom is 0.408 e. The molecule has 308 valence electrons. The zero-order valence-corrected chi connectivity index (χ0v) is 34.3. The predicted octanol–water partition coefficient (Wildman–Crippen LogP) is 5.62. The molecule has 14 nitrogen and oxygen atoms in total. The van der Waals surface area contributed by atoms with Crippen LogP contribution in [0.4, 0.5) is 4.79 Å². The Bertz CT molecular complexity index is 1630. The topological polar surface area (TPSA) is 195 Å². The molecule has 5 fully saturated rings. The number of alkyl carbamates (subject to hydrolysis) is 1. The van der Waals surface area contributed by atoms with E-state index in [2.05, 4.69) is 52.7 Å². The number of nitrogens with one attached hydrogen (secondary N) is 3. The third-order valence-electron chi connectivity index (χ3n) is 14.7. The van der Waals surface area contributed by atoms with E-state index in [9.17, 15) is 24.3 Å². The van der Waals surface area contributed by atoms with Crippen molar-refractivity contribution in [1.82, 2.24) is 20.9 Å². The normalized spacial score (nSPS) is 35.5. The first-order valence-corrected chi connectivity index (χ1v) is 21.7. The Kier molecular flexibility index (Phi) is 13.6. The van der Waals surface area contributed by atoms with E-state index < -0.39 is 29.6 Å². The Labute approximate surface area is 335 Å². The Morgan fingerprint density at radius 2 is 1.86 bits per heavy atom. The molecule has 4 amide bonds. The third-order valence-corrected chi connectivity index (χ3v) is 16.1. The molecule has 1 saturated heterocycles. The Morgan fingerprint density at radius 1 is 1.09 bits per heavy atom. The number of fused-ring (bicyclic) bond motifs is 6. The monoisotopic (exact) mass is 795 g/mol. The summed E-state index contributed by atoms with van der Waals surface area (Å²) >= 11 is 1.49. The van der Waals surface area contributed by atoms with E-state index in [0.29, 0.717) is 53.9 Å². The van der Waals surface area contributed by atoms with Gasteiger partial charge in [-0.3, -0.25) is 19.3 Å². The standard InChI is InChI=1S/C41H61N7O7S/c1-6-7-18-54-19-20-55-39(53)45-32(22-43-47-42)44-36(51)35-25(3)23-56-38-34(37(52)48(35)38)46-33(50)13-8-24(2)29-11-12-30-28-10-9-26-21-27(49)14-16-40(26,4)31(28)15-17-41(29,30)5/h1,24,26-32,34,38,49H,7-23H2,2-5H3,(H,44,51)(H,45,53)(H,46,50)/t24-,26-,27-,28+,29-,30+,31+,32?,34?,38?,40+,41-/m1/s1. The first kappa shape index (κ1) is 42.2. The summed E-state index contributed by atoms with van der Waals surface area (Å²) in [6.45, 7) is 9.27. The molecule has 6 aliphatic rings. The van der Waals surface area contributed by atoms with Crippen LogP contribution in [0.5, 0.6) is 0 Å². The molecule has 0 aromatic carbocycles. The zero-order valence-electron chi connectivity index (χ0n) is 33.5. The molecule has 0 radical (unpaired) electrons. The molecule has 6 rings (SSSR count). The SMILES string of the molecule is C#CCCOCCOC(=O)NC(CN=[N+]=[N-])NC(=O)C1=C(C)CSC2C(NC(=O)CC[C@@H](C)[C@H]3CC[C@H]4[C@@H]5CC[C@@H]6C[C@H](O)CC[C@]6(C)[C@H]5CC[C@]34C)C(=O)N12. The molecular formula is C41H61N7O7S. The van der Waals surface area contributed by atoms with Gasteiger partial charge in [0, 0.05) is 23.5 Å². The lowest BCUT2D eigenvalue weighted by molar-refractivity contribution is -0.148. The van der Waals surface area contributed by atoms with Crippen LogP contribution < -0.4 is 16.0 Å². The molecule has 3 unspecified atom stereocenters. The van der Waals surface area contributed by atoms with Gasteiger partial charge in [0.25, 0.3) is 11.8 Å². The van der Waals surface area contributed by atoms with Gasteiger partial charge >= 0.3 is 6.09 Å². The molecule has 0 spiro atoms. The van der Waals surface area contributed by atoms with Crippen molar-refractivity contribution in [2.75, 3.05) is 32.1 Å². The highest BCUT2D eigenvalue weighted by molar-refractivity contribution is 8.00. The number of amides is 4. The van der Waals surface area contributed by atoms with Gasteiger partial charge < -0.3 is 30.5 Å². The molecular weight excluding hydrogens is 735 g/mol. The molecule has 56 heavy (non-hydrogen) atoms. The van der Waals surface area contributed by atoms with Crippen LogP contribution in [0, 0.1) is 58.7 Å². The summed E-state index contributed by atoms with van der Waals surface area (Å²) < 4.78 is 10.3. The molecule has 4 N–H and O–H groups in total. The van der Waals surface area contributed by atoms with Gasteiger partial charge in [-0.1, -0.05) is 25.9 Å². The molecule has 12 atom stereocenters. The molecule has 0 aromatic heterocycles. The largest absolute Gasteiger partial charge is 0.447 e. The number of ether oxygens (including phenoxy) is 2.